The zero-order valence-electron chi connectivity index (χ0n) is 12.4. The van der Waals surface area contributed by atoms with Gasteiger partial charge in [0.2, 0.25) is 0 Å². The molecule has 1 rings (SSSR count). The highest BCUT2D eigenvalue weighted by molar-refractivity contribution is 9.10. The van der Waals surface area contributed by atoms with Gasteiger partial charge >= 0.3 is 5.97 Å². The summed E-state index contributed by atoms with van der Waals surface area (Å²) in [5, 5.41) is 9.29. The number of ketones is 1. The van der Waals surface area contributed by atoms with E-state index >= 15 is 0 Å². The molecule has 21 heavy (non-hydrogen) atoms. The Balaban J connectivity index is 3.17. The van der Waals surface area contributed by atoms with Gasteiger partial charge in [0.1, 0.15) is 5.75 Å². The first-order valence-electron chi connectivity index (χ1n) is 6.73. The van der Waals surface area contributed by atoms with Crippen molar-refractivity contribution in [2.75, 3.05) is 12.3 Å². The van der Waals surface area contributed by atoms with Crippen LogP contribution in [0.4, 0.5) is 5.69 Å². The maximum atomic E-state index is 12.5. The van der Waals surface area contributed by atoms with Gasteiger partial charge < -0.3 is 15.6 Å². The number of carbonyl (C=O) groups excluding carboxylic acids is 1. The quantitative estimate of drug-likeness (QED) is 0.575. The van der Waals surface area contributed by atoms with Crippen LogP contribution in [0.2, 0.25) is 0 Å². The largest absolute Gasteiger partial charge is 0.493 e. The van der Waals surface area contributed by atoms with Crippen molar-refractivity contribution in [1.29, 1.82) is 0 Å². The number of ether oxygens (including phenoxy) is 1. The maximum absolute atomic E-state index is 12.5. The van der Waals surface area contributed by atoms with Gasteiger partial charge in [-0.05, 0) is 42.3 Å². The monoisotopic (exact) mass is 357 g/mol. The van der Waals surface area contributed by atoms with E-state index in [1.807, 2.05) is 0 Å². The van der Waals surface area contributed by atoms with Crippen LogP contribution in [0, 0.1) is 5.41 Å². The Labute approximate surface area is 132 Å². The molecule has 0 saturated carbocycles. The van der Waals surface area contributed by atoms with E-state index in [4.69, 9.17) is 10.5 Å². The Kier molecular flexibility index (Phi) is 5.78. The second-order valence-corrected chi connectivity index (χ2v) is 5.98. The first-order chi connectivity index (χ1) is 9.75. The van der Waals surface area contributed by atoms with Crippen LogP contribution in [0.1, 0.15) is 44.0 Å². The summed E-state index contributed by atoms with van der Waals surface area (Å²) in [5.74, 6) is -0.872. The summed E-state index contributed by atoms with van der Waals surface area (Å²) in [7, 11) is 0. The van der Waals surface area contributed by atoms with Crippen LogP contribution < -0.4 is 10.5 Å². The Hall–Kier alpha value is -1.56. The van der Waals surface area contributed by atoms with Gasteiger partial charge in [-0.15, -0.1) is 0 Å². The van der Waals surface area contributed by atoms with Crippen molar-refractivity contribution in [2.24, 2.45) is 5.41 Å². The molecular formula is C15H20BrNO4. The van der Waals surface area contributed by atoms with Crippen LogP contribution in [0.25, 0.3) is 0 Å². The number of halogens is 1. The van der Waals surface area contributed by atoms with Crippen LogP contribution in [0.3, 0.4) is 0 Å². The van der Waals surface area contributed by atoms with E-state index in [2.05, 4.69) is 15.9 Å². The van der Waals surface area contributed by atoms with E-state index < -0.39 is 11.4 Å². The number of hydrogen-bond acceptors (Lipinski definition) is 4. The minimum absolute atomic E-state index is 0.0880. The number of nitrogens with two attached hydrogens (primary N) is 1. The number of benzene rings is 1. The van der Waals surface area contributed by atoms with Gasteiger partial charge in [-0.1, -0.05) is 6.92 Å². The minimum Gasteiger partial charge on any atom is -0.493 e. The maximum Gasteiger partial charge on any atom is 0.309 e. The van der Waals surface area contributed by atoms with E-state index in [0.717, 1.165) is 0 Å². The molecule has 0 aliphatic heterocycles. The van der Waals surface area contributed by atoms with Gasteiger partial charge in [0, 0.05) is 22.6 Å². The third kappa shape index (κ3) is 3.97. The number of nitrogen functional groups attached to an aromatic ring is 1. The standard InChI is InChI=1S/C15H20BrNO4/c1-4-15(3,14(19)20)8-12(18)9-6-10(16)11(17)7-13(9)21-5-2/h6-7H,4-5,8,17H2,1-3H3,(H,19,20)/t15-/m0/s1. The lowest BCUT2D eigenvalue weighted by molar-refractivity contribution is -0.148. The van der Waals surface area contributed by atoms with Crippen molar-refractivity contribution in [2.45, 2.75) is 33.6 Å². The molecule has 0 aliphatic rings. The molecule has 0 aliphatic carbocycles. The predicted molar refractivity (Wildman–Crippen MR) is 84.7 cm³/mol. The van der Waals surface area contributed by atoms with Crippen molar-refractivity contribution in [3.63, 3.8) is 0 Å². The lowest BCUT2D eigenvalue weighted by Gasteiger charge is -2.22. The number of carbonyl (C=O) groups is 2. The molecule has 1 atom stereocenters. The van der Waals surface area contributed by atoms with Crippen LogP contribution in [-0.4, -0.2) is 23.5 Å². The van der Waals surface area contributed by atoms with Gasteiger partial charge in [0.25, 0.3) is 0 Å². The fourth-order valence-electron chi connectivity index (χ4n) is 1.86. The van der Waals surface area contributed by atoms with Gasteiger partial charge in [-0.3, -0.25) is 9.59 Å². The van der Waals surface area contributed by atoms with Gasteiger partial charge in [0.15, 0.2) is 5.78 Å². The number of Topliss-reactive ketones (excluding diaryl/α,β-unsaturated/α-hetero) is 1. The molecule has 0 spiro atoms. The highest BCUT2D eigenvalue weighted by Crippen LogP contribution is 2.34. The van der Waals surface area contributed by atoms with Crippen LogP contribution in [0.5, 0.6) is 5.75 Å². The normalized spacial score (nSPS) is 13.5. The van der Waals surface area contributed by atoms with Gasteiger partial charge in [0.05, 0.1) is 17.6 Å². The topological polar surface area (TPSA) is 89.6 Å². The smallest absolute Gasteiger partial charge is 0.309 e. The zero-order valence-corrected chi connectivity index (χ0v) is 14.0. The van der Waals surface area contributed by atoms with E-state index in [9.17, 15) is 14.7 Å². The molecule has 116 valence electrons. The van der Waals surface area contributed by atoms with Gasteiger partial charge in [-0.2, -0.15) is 0 Å². The summed E-state index contributed by atoms with van der Waals surface area (Å²) in [6, 6.07) is 3.16. The minimum atomic E-state index is -1.09. The molecule has 5 nitrogen and oxygen atoms in total. The summed E-state index contributed by atoms with van der Waals surface area (Å²) in [4.78, 5) is 23.8. The highest BCUT2D eigenvalue weighted by atomic mass is 79.9. The number of carboxylic acids is 1. The summed E-state index contributed by atoms with van der Waals surface area (Å²) in [6.07, 6.45) is 0.281. The molecule has 0 amide bonds. The van der Waals surface area contributed by atoms with E-state index in [0.29, 0.717) is 34.5 Å². The lowest BCUT2D eigenvalue weighted by atomic mass is 9.81. The molecule has 0 bridgehead atoms. The number of anilines is 1. The van der Waals surface area contributed by atoms with Crippen LogP contribution in [0.15, 0.2) is 16.6 Å². The number of hydrogen-bond donors (Lipinski definition) is 2. The second-order valence-electron chi connectivity index (χ2n) is 5.12. The summed E-state index contributed by atoms with van der Waals surface area (Å²) in [5.41, 5.74) is 5.51. The molecule has 3 N–H and O–H groups in total. The summed E-state index contributed by atoms with van der Waals surface area (Å²) >= 11 is 3.28. The SMILES string of the molecule is CCOc1cc(N)c(Br)cc1C(=O)C[C@](C)(CC)C(=O)O. The highest BCUT2D eigenvalue weighted by Gasteiger charge is 2.34. The average Bonchev–Trinajstić information content (AvgIpc) is 2.42. The molecule has 1 aromatic rings. The number of rotatable bonds is 7. The molecule has 0 aromatic heterocycles. The first-order valence-corrected chi connectivity index (χ1v) is 7.52. The van der Waals surface area contributed by atoms with Crippen molar-refractivity contribution < 1.29 is 19.4 Å². The molecule has 0 radical (unpaired) electrons. The molecule has 0 saturated heterocycles. The van der Waals surface area contributed by atoms with Crippen molar-refractivity contribution in [3.8, 4) is 5.75 Å². The van der Waals surface area contributed by atoms with Crippen molar-refractivity contribution in [3.05, 3.63) is 22.2 Å². The van der Waals surface area contributed by atoms with E-state index in [-0.39, 0.29) is 12.2 Å². The second kappa shape index (κ2) is 6.93. The zero-order chi connectivity index (χ0) is 16.2. The fourth-order valence-corrected chi connectivity index (χ4v) is 2.21. The molecule has 0 heterocycles. The molecule has 0 fully saturated rings. The van der Waals surface area contributed by atoms with Crippen LogP contribution >= 0.6 is 15.9 Å². The molecule has 6 heteroatoms. The predicted octanol–water partition coefficient (Wildman–Crippen LogP) is 3.50. The molecule has 1 aromatic carbocycles. The first kappa shape index (κ1) is 17.5. The van der Waals surface area contributed by atoms with Crippen LogP contribution in [-0.2, 0) is 4.79 Å². The average molecular weight is 358 g/mol. The Bertz CT molecular complexity index is 559. The van der Waals surface area contributed by atoms with Crippen molar-refractivity contribution >= 4 is 33.4 Å². The number of carboxylic acid groups (broad SMARTS) is 1. The van der Waals surface area contributed by atoms with E-state index in [1.54, 1.807) is 32.9 Å². The third-order valence-corrected chi connectivity index (χ3v) is 4.23. The fraction of sp³-hybridized carbons (Fsp3) is 0.467. The lowest BCUT2D eigenvalue weighted by Crippen LogP contribution is -2.29. The summed E-state index contributed by atoms with van der Waals surface area (Å²) < 4.78 is 6.02. The Morgan fingerprint density at radius 1 is 1.38 bits per heavy atom. The van der Waals surface area contributed by atoms with Crippen molar-refractivity contribution in [1.82, 2.24) is 0 Å². The Morgan fingerprint density at radius 3 is 2.48 bits per heavy atom. The third-order valence-electron chi connectivity index (χ3n) is 3.55. The Morgan fingerprint density at radius 2 is 2.00 bits per heavy atom. The summed E-state index contributed by atoms with van der Waals surface area (Å²) in [6.45, 7) is 5.52. The van der Waals surface area contributed by atoms with Gasteiger partial charge in [-0.25, -0.2) is 0 Å². The van der Waals surface area contributed by atoms with E-state index in [1.165, 1.54) is 0 Å². The number of aliphatic carboxylic acids is 1. The molecular weight excluding hydrogens is 338 g/mol. The molecule has 0 unspecified atom stereocenters.